The number of carbonyl (C=O) groups excluding carboxylic acids is 1. The van der Waals surface area contributed by atoms with Gasteiger partial charge in [0.15, 0.2) is 5.78 Å². The smallest absolute Gasteiger partial charge is 0.195 e. The van der Waals surface area contributed by atoms with Crippen LogP contribution in [0.3, 0.4) is 0 Å². The normalized spacial score (nSPS) is 10.9. The first-order valence-corrected chi connectivity index (χ1v) is 6.14. The highest BCUT2D eigenvalue weighted by molar-refractivity contribution is 6.17. The highest BCUT2D eigenvalue weighted by atomic mass is 19.1. The zero-order valence-corrected chi connectivity index (χ0v) is 10.7. The van der Waals surface area contributed by atoms with Gasteiger partial charge in [-0.05, 0) is 49.4 Å². The lowest BCUT2D eigenvalue weighted by Crippen LogP contribution is -2.02. The lowest BCUT2D eigenvalue weighted by atomic mass is 10.0. The van der Waals surface area contributed by atoms with Crippen LogP contribution in [0.15, 0.2) is 42.5 Å². The van der Waals surface area contributed by atoms with E-state index in [0.29, 0.717) is 27.7 Å². The summed E-state index contributed by atoms with van der Waals surface area (Å²) < 4.78 is 26.3. The third kappa shape index (κ3) is 1.99. The van der Waals surface area contributed by atoms with Gasteiger partial charge in [-0.2, -0.15) is 0 Å². The van der Waals surface area contributed by atoms with E-state index in [9.17, 15) is 13.6 Å². The van der Waals surface area contributed by atoms with E-state index in [4.69, 9.17) is 0 Å². The third-order valence-electron chi connectivity index (χ3n) is 3.28. The number of rotatable bonds is 2. The summed E-state index contributed by atoms with van der Waals surface area (Å²) in [5, 5.41) is 0.539. The van der Waals surface area contributed by atoms with Crippen molar-refractivity contribution in [3.63, 3.8) is 0 Å². The lowest BCUT2D eigenvalue weighted by molar-refractivity contribution is 0.103. The van der Waals surface area contributed by atoms with Crippen LogP contribution in [0.25, 0.3) is 10.9 Å². The molecule has 0 aliphatic carbocycles. The van der Waals surface area contributed by atoms with Gasteiger partial charge in [0.05, 0.1) is 5.56 Å². The summed E-state index contributed by atoms with van der Waals surface area (Å²) in [6.07, 6.45) is 0. The molecule has 1 heterocycles. The SMILES string of the molecule is Cc1[nH]c2ccc(F)cc2c1C(=O)c1ccc(F)cc1. The Labute approximate surface area is 114 Å². The Hall–Kier alpha value is -2.49. The Bertz CT molecular complexity index is 803. The van der Waals surface area contributed by atoms with Crippen LogP contribution in [0.4, 0.5) is 8.78 Å². The first kappa shape index (κ1) is 12.5. The Balaban J connectivity index is 2.18. The Kier molecular flexibility index (Phi) is 2.86. The third-order valence-corrected chi connectivity index (χ3v) is 3.28. The van der Waals surface area contributed by atoms with Gasteiger partial charge < -0.3 is 4.98 Å². The summed E-state index contributed by atoms with van der Waals surface area (Å²) in [7, 11) is 0. The second kappa shape index (κ2) is 4.56. The number of benzene rings is 2. The maximum atomic E-state index is 13.4. The van der Waals surface area contributed by atoms with Gasteiger partial charge in [0.25, 0.3) is 0 Å². The molecule has 0 aliphatic heterocycles. The molecule has 1 N–H and O–H groups in total. The molecular weight excluding hydrogens is 260 g/mol. The molecule has 2 nitrogen and oxygen atoms in total. The monoisotopic (exact) mass is 271 g/mol. The van der Waals surface area contributed by atoms with E-state index < -0.39 is 11.6 Å². The van der Waals surface area contributed by atoms with Crippen LogP contribution in [-0.4, -0.2) is 10.8 Å². The Morgan fingerprint density at radius 2 is 1.65 bits per heavy atom. The van der Waals surface area contributed by atoms with E-state index in [2.05, 4.69) is 4.98 Å². The standard InChI is InChI=1S/C16H11F2NO/c1-9-15(13-8-12(18)6-7-14(13)19-9)16(20)10-2-4-11(17)5-3-10/h2-8,19H,1H3. The van der Waals surface area contributed by atoms with Gasteiger partial charge in [-0.3, -0.25) is 4.79 Å². The molecule has 0 bridgehead atoms. The first-order chi connectivity index (χ1) is 9.56. The van der Waals surface area contributed by atoms with E-state index in [1.807, 2.05) is 0 Å². The van der Waals surface area contributed by atoms with Crippen molar-refractivity contribution in [2.24, 2.45) is 0 Å². The van der Waals surface area contributed by atoms with Gasteiger partial charge in [-0.25, -0.2) is 8.78 Å². The van der Waals surface area contributed by atoms with Gasteiger partial charge in [0.2, 0.25) is 0 Å². The van der Waals surface area contributed by atoms with Gasteiger partial charge in [0.1, 0.15) is 11.6 Å². The van der Waals surface area contributed by atoms with Crippen LogP contribution in [-0.2, 0) is 0 Å². The van der Waals surface area contributed by atoms with E-state index in [-0.39, 0.29) is 5.78 Å². The lowest BCUT2D eigenvalue weighted by Gasteiger charge is -2.01. The summed E-state index contributed by atoms with van der Waals surface area (Å²) in [6.45, 7) is 1.76. The number of carbonyl (C=O) groups is 1. The van der Waals surface area contributed by atoms with Crippen molar-refractivity contribution in [2.45, 2.75) is 6.92 Å². The summed E-state index contributed by atoms with van der Waals surface area (Å²) in [5.74, 6) is -1.05. The number of halogens is 2. The number of ketones is 1. The molecule has 0 spiro atoms. The van der Waals surface area contributed by atoms with E-state index in [0.717, 1.165) is 0 Å². The topological polar surface area (TPSA) is 32.9 Å². The van der Waals surface area contributed by atoms with Gasteiger partial charge in [-0.1, -0.05) is 0 Å². The van der Waals surface area contributed by atoms with Crippen molar-refractivity contribution < 1.29 is 13.6 Å². The first-order valence-electron chi connectivity index (χ1n) is 6.14. The zero-order valence-electron chi connectivity index (χ0n) is 10.7. The van der Waals surface area contributed by atoms with E-state index in [1.54, 1.807) is 13.0 Å². The van der Waals surface area contributed by atoms with Crippen molar-refractivity contribution in [1.82, 2.24) is 4.98 Å². The molecule has 20 heavy (non-hydrogen) atoms. The molecule has 3 rings (SSSR count). The summed E-state index contributed by atoms with van der Waals surface area (Å²) in [4.78, 5) is 15.6. The largest absolute Gasteiger partial charge is 0.358 e. The minimum atomic E-state index is -0.400. The van der Waals surface area contributed by atoms with Crippen LogP contribution >= 0.6 is 0 Å². The predicted molar refractivity (Wildman–Crippen MR) is 72.8 cm³/mol. The molecule has 2 aromatic carbocycles. The van der Waals surface area contributed by atoms with Crippen LogP contribution < -0.4 is 0 Å². The molecule has 0 saturated carbocycles. The maximum absolute atomic E-state index is 13.4. The number of hydrogen-bond acceptors (Lipinski definition) is 1. The van der Waals surface area contributed by atoms with Crippen LogP contribution in [0, 0.1) is 18.6 Å². The number of H-pyrrole nitrogens is 1. The molecule has 3 aromatic rings. The minimum Gasteiger partial charge on any atom is -0.358 e. The molecule has 4 heteroatoms. The predicted octanol–water partition coefficient (Wildman–Crippen LogP) is 3.99. The Morgan fingerprint density at radius 1 is 1.00 bits per heavy atom. The highest BCUT2D eigenvalue weighted by Gasteiger charge is 2.18. The summed E-state index contributed by atoms with van der Waals surface area (Å²) in [6, 6.07) is 9.58. The number of nitrogens with one attached hydrogen (secondary N) is 1. The quantitative estimate of drug-likeness (QED) is 0.702. The number of aryl methyl sites for hydroxylation is 1. The average molecular weight is 271 g/mol. The minimum absolute atomic E-state index is 0.251. The van der Waals surface area contributed by atoms with Crippen LogP contribution in [0.1, 0.15) is 21.6 Å². The van der Waals surface area contributed by atoms with E-state index >= 15 is 0 Å². The molecule has 0 amide bonds. The summed E-state index contributed by atoms with van der Waals surface area (Å²) >= 11 is 0. The second-order valence-corrected chi connectivity index (χ2v) is 4.65. The molecule has 1 aromatic heterocycles. The van der Waals surface area contributed by atoms with Gasteiger partial charge >= 0.3 is 0 Å². The van der Waals surface area contributed by atoms with Crippen LogP contribution in [0.5, 0.6) is 0 Å². The molecular formula is C16H11F2NO. The highest BCUT2D eigenvalue weighted by Crippen LogP contribution is 2.25. The summed E-state index contributed by atoms with van der Waals surface area (Å²) in [5.41, 5.74) is 2.17. The zero-order chi connectivity index (χ0) is 14.3. The number of fused-ring (bicyclic) bond motifs is 1. The van der Waals surface area contributed by atoms with Gasteiger partial charge in [0, 0.05) is 22.2 Å². The fraction of sp³-hybridized carbons (Fsp3) is 0.0625. The number of hydrogen-bond donors (Lipinski definition) is 1. The molecule has 100 valence electrons. The van der Waals surface area contributed by atoms with Crippen molar-refractivity contribution in [3.05, 3.63) is 70.9 Å². The number of aromatic amines is 1. The Morgan fingerprint density at radius 3 is 2.35 bits per heavy atom. The van der Waals surface area contributed by atoms with Crippen molar-refractivity contribution in [1.29, 1.82) is 0 Å². The van der Waals surface area contributed by atoms with Crippen LogP contribution in [0.2, 0.25) is 0 Å². The second-order valence-electron chi connectivity index (χ2n) is 4.65. The fourth-order valence-corrected chi connectivity index (χ4v) is 2.34. The average Bonchev–Trinajstić information content (AvgIpc) is 2.74. The maximum Gasteiger partial charge on any atom is 0.195 e. The number of aromatic nitrogens is 1. The van der Waals surface area contributed by atoms with Crippen molar-refractivity contribution in [3.8, 4) is 0 Å². The molecule has 0 fully saturated rings. The van der Waals surface area contributed by atoms with Gasteiger partial charge in [-0.15, -0.1) is 0 Å². The van der Waals surface area contributed by atoms with Crippen molar-refractivity contribution in [2.75, 3.05) is 0 Å². The molecule has 0 radical (unpaired) electrons. The van der Waals surface area contributed by atoms with E-state index in [1.165, 1.54) is 36.4 Å². The molecule has 0 atom stereocenters. The molecule has 0 unspecified atom stereocenters. The molecule has 0 aliphatic rings. The van der Waals surface area contributed by atoms with Crippen molar-refractivity contribution >= 4 is 16.7 Å². The fourth-order valence-electron chi connectivity index (χ4n) is 2.34. The molecule has 0 saturated heterocycles.